The van der Waals surface area contributed by atoms with Crippen LogP contribution >= 0.6 is 0 Å². The summed E-state index contributed by atoms with van der Waals surface area (Å²) in [6, 6.07) is 0. The maximum Gasteiger partial charge on any atom is 1.00 e. The van der Waals surface area contributed by atoms with Crippen molar-refractivity contribution in [1.29, 1.82) is 0 Å². The third-order valence-corrected chi connectivity index (χ3v) is 1.28. The third-order valence-electron chi connectivity index (χ3n) is 1.28. The molecule has 0 amide bonds. The second kappa shape index (κ2) is 5.68. The largest absolute Gasteiger partial charge is 1.00 e. The first-order chi connectivity index (χ1) is 6.28. The van der Waals surface area contributed by atoms with E-state index in [4.69, 9.17) is 0 Å². The molecule has 14 heteroatoms. The summed E-state index contributed by atoms with van der Waals surface area (Å²) in [5.74, 6) is 0. The van der Waals surface area contributed by atoms with Gasteiger partial charge in [0.1, 0.15) is 0 Å². The molecule has 2 rings (SSSR count). The minimum absolute atomic E-state index is 0. The molecular formula is B5NaO8. The molecule has 0 aliphatic carbocycles. The second-order valence-electron chi connectivity index (χ2n) is 2.07. The van der Waals surface area contributed by atoms with E-state index in [0.717, 1.165) is 0 Å². The van der Waals surface area contributed by atoms with Crippen LogP contribution in [0.4, 0.5) is 0 Å². The monoisotopic (exact) mass is 206 g/mol. The van der Waals surface area contributed by atoms with E-state index in [-0.39, 0.29) is 36.9 Å². The van der Waals surface area contributed by atoms with Gasteiger partial charge in [0.2, 0.25) is 0 Å². The van der Waals surface area contributed by atoms with Gasteiger partial charge in [-0.15, -0.1) is 0 Å². The van der Waals surface area contributed by atoms with Crippen LogP contribution in [0.3, 0.4) is 0 Å². The van der Waals surface area contributed by atoms with Crippen molar-refractivity contribution in [2.45, 2.75) is 0 Å². The number of fused-ring (bicyclic) bond motifs is 2. The van der Waals surface area contributed by atoms with Crippen LogP contribution in [0.2, 0.25) is 0 Å². The van der Waals surface area contributed by atoms with Crippen LogP contribution in [0.25, 0.3) is 0 Å². The molecule has 2 aliphatic rings. The molecule has 0 aromatic heterocycles. The summed E-state index contributed by atoms with van der Waals surface area (Å²) >= 11 is 0. The van der Waals surface area contributed by atoms with Gasteiger partial charge in [-0.3, -0.25) is 0 Å². The summed E-state index contributed by atoms with van der Waals surface area (Å²) in [5, 5.41) is 10.6. The first kappa shape index (κ1) is 12.8. The Balaban J connectivity index is 0.000000980. The molecule has 2 heterocycles. The number of rotatable bonds is 2. The summed E-state index contributed by atoms with van der Waals surface area (Å²) < 4.78 is 37.1. The van der Waals surface area contributed by atoms with Crippen LogP contribution in [-0.4, -0.2) is 36.6 Å². The van der Waals surface area contributed by atoms with Gasteiger partial charge in [-0.25, -0.2) is 0 Å². The molecule has 2 fully saturated rings. The Labute approximate surface area is 103 Å². The van der Waals surface area contributed by atoms with E-state index in [1.807, 2.05) is 0 Å². The van der Waals surface area contributed by atoms with Gasteiger partial charge in [-0.1, -0.05) is 0 Å². The van der Waals surface area contributed by atoms with Crippen LogP contribution < -0.4 is 34.6 Å². The minimum atomic E-state index is -1.74. The van der Waals surface area contributed by atoms with Crippen molar-refractivity contribution in [3.63, 3.8) is 0 Å². The molecule has 0 N–H and O–H groups in total. The maximum absolute atomic E-state index is 10.6. The molecule has 64 valence electrons. The van der Waals surface area contributed by atoms with Gasteiger partial charge in [-0.05, 0) is 0 Å². The molecule has 2 saturated heterocycles. The predicted octanol–water partition coefficient (Wildman–Crippen LogP) is -6.62. The van der Waals surface area contributed by atoms with Crippen LogP contribution in [-0.2, 0) is 32.1 Å². The van der Waals surface area contributed by atoms with E-state index < -0.39 is 29.3 Å². The Morgan fingerprint density at radius 3 is 2.14 bits per heavy atom. The topological polar surface area (TPSA) is 95.5 Å². The van der Waals surface area contributed by atoms with Gasteiger partial charge in [0.05, 0.1) is 0 Å². The fraction of sp³-hybridized carbons (Fsp3) is 0. The normalized spacial score (nSPS) is 20.1. The third kappa shape index (κ3) is 3.09. The molecular weight excluding hydrogens is 205 g/mol. The van der Waals surface area contributed by atoms with Crippen molar-refractivity contribution in [1.82, 2.24) is 0 Å². The zero-order valence-corrected chi connectivity index (χ0v) is 9.15. The summed E-state index contributed by atoms with van der Waals surface area (Å²) in [5.41, 5.74) is 0. The molecule has 8 nitrogen and oxygen atoms in total. The molecule has 2 bridgehead atoms. The van der Waals surface area contributed by atoms with E-state index in [1.165, 1.54) is 0 Å². The summed E-state index contributed by atoms with van der Waals surface area (Å²) in [7, 11) is -5.37. The van der Waals surface area contributed by atoms with Crippen LogP contribution in [0.15, 0.2) is 0 Å². The van der Waals surface area contributed by atoms with Gasteiger partial charge >= 0.3 is 103 Å². The first-order valence-electron chi connectivity index (χ1n) is 3.30. The Bertz CT molecular complexity index is 182. The average molecular weight is 205 g/mol. The molecule has 14 heavy (non-hydrogen) atoms. The van der Waals surface area contributed by atoms with Crippen molar-refractivity contribution < 1.29 is 66.7 Å². The Kier molecular flexibility index (Phi) is 5.18. The quantitative estimate of drug-likeness (QED) is 0.410. The maximum atomic E-state index is 10.6. The Hall–Kier alpha value is 0.685. The minimum Gasteiger partial charge on any atom is 1.00 e. The molecule has 2 aliphatic heterocycles. The number of hydrogen-bond acceptors (Lipinski definition) is 8. The Morgan fingerprint density at radius 2 is 1.64 bits per heavy atom. The average Bonchev–Trinajstić information content (AvgIpc) is 2.01. The SMILES string of the molecule is O=BOB1OB2OB([O-])OB(O1)O2.[Na+]. The van der Waals surface area contributed by atoms with Gasteiger partial charge in [-0.2, -0.15) is 0 Å². The van der Waals surface area contributed by atoms with Crippen LogP contribution in [0.1, 0.15) is 0 Å². The van der Waals surface area contributed by atoms with E-state index >= 15 is 0 Å². The van der Waals surface area contributed by atoms with E-state index in [0.29, 0.717) is 0 Å². The van der Waals surface area contributed by atoms with Gasteiger partial charge in [0.15, 0.2) is 0 Å². The van der Waals surface area contributed by atoms with Gasteiger partial charge < -0.3 is 0 Å². The van der Waals surface area contributed by atoms with Crippen molar-refractivity contribution >= 4 is 36.6 Å². The zero-order valence-electron chi connectivity index (χ0n) is 7.15. The second-order valence-corrected chi connectivity index (χ2v) is 2.07. The molecule has 0 radical (unpaired) electrons. The van der Waals surface area contributed by atoms with E-state index in [1.54, 1.807) is 0 Å². The number of hydrogen-bond donors (Lipinski definition) is 0. The van der Waals surface area contributed by atoms with Gasteiger partial charge in [0.25, 0.3) is 0 Å². The fourth-order valence-corrected chi connectivity index (χ4v) is 0.820. The first-order valence-corrected chi connectivity index (χ1v) is 3.30. The summed E-state index contributed by atoms with van der Waals surface area (Å²) in [6.07, 6.45) is 0. The molecule has 0 aromatic rings. The van der Waals surface area contributed by atoms with Crippen molar-refractivity contribution in [3.8, 4) is 0 Å². The standard InChI is InChI=1S/B5O8.Na/c6-1-8-3-11-4-9-2(7)10-5(12-3)13-4;/q-1;+1. The van der Waals surface area contributed by atoms with Crippen LogP contribution in [0.5, 0.6) is 0 Å². The summed E-state index contributed by atoms with van der Waals surface area (Å²) in [6.45, 7) is 0. The Morgan fingerprint density at radius 1 is 1.07 bits per heavy atom. The van der Waals surface area contributed by atoms with Crippen molar-refractivity contribution in [3.05, 3.63) is 0 Å². The predicted molar refractivity (Wildman–Crippen MR) is 36.0 cm³/mol. The zero-order chi connectivity index (χ0) is 9.26. The van der Waals surface area contributed by atoms with E-state index in [9.17, 15) is 9.73 Å². The molecule has 0 saturated carbocycles. The van der Waals surface area contributed by atoms with Crippen molar-refractivity contribution in [2.75, 3.05) is 0 Å². The van der Waals surface area contributed by atoms with E-state index in [2.05, 4.69) is 27.4 Å². The summed E-state index contributed by atoms with van der Waals surface area (Å²) in [4.78, 5) is 0. The molecule has 0 aromatic carbocycles. The van der Waals surface area contributed by atoms with Crippen molar-refractivity contribution in [2.24, 2.45) is 0 Å². The van der Waals surface area contributed by atoms with Crippen LogP contribution in [0, 0.1) is 0 Å². The molecule has 0 atom stereocenters. The fourth-order valence-electron chi connectivity index (χ4n) is 0.820. The smallest absolute Gasteiger partial charge is 1.00 e. The molecule has 0 spiro atoms. The molecule has 0 unspecified atom stereocenters. The van der Waals surface area contributed by atoms with Gasteiger partial charge in [0, 0.05) is 0 Å².